The summed E-state index contributed by atoms with van der Waals surface area (Å²) in [5.41, 5.74) is 4.15. The van der Waals surface area contributed by atoms with Crippen molar-refractivity contribution < 1.29 is 9.90 Å². The van der Waals surface area contributed by atoms with Crippen LogP contribution in [0.25, 0.3) is 0 Å². The van der Waals surface area contributed by atoms with Crippen LogP contribution in [-0.2, 0) is 17.6 Å². The van der Waals surface area contributed by atoms with Crippen LogP contribution in [0, 0.1) is 0 Å². The lowest BCUT2D eigenvalue weighted by molar-refractivity contribution is -0.137. The number of anilines is 1. The molecule has 3 heteroatoms. The van der Waals surface area contributed by atoms with E-state index in [0.29, 0.717) is 6.42 Å². The first-order valence-corrected chi connectivity index (χ1v) is 6.21. The fourth-order valence-corrected chi connectivity index (χ4v) is 2.39. The molecule has 0 aliphatic heterocycles. The van der Waals surface area contributed by atoms with E-state index in [2.05, 4.69) is 23.1 Å². The molecular formula is C14H19NO2. The second kappa shape index (κ2) is 5.21. The zero-order valence-corrected chi connectivity index (χ0v) is 10.3. The summed E-state index contributed by atoms with van der Waals surface area (Å²) in [5.74, 6) is -0.715. The number of aliphatic carboxylic acids is 1. The quantitative estimate of drug-likeness (QED) is 0.849. The molecule has 0 atom stereocenters. The molecule has 0 bridgehead atoms. The van der Waals surface area contributed by atoms with E-state index in [9.17, 15) is 4.79 Å². The maximum atomic E-state index is 10.5. The Kier molecular flexibility index (Phi) is 3.67. The van der Waals surface area contributed by atoms with E-state index >= 15 is 0 Å². The third kappa shape index (κ3) is 2.99. The highest BCUT2D eigenvalue weighted by Crippen LogP contribution is 2.26. The zero-order valence-electron chi connectivity index (χ0n) is 10.3. The average Bonchev–Trinajstić information content (AvgIpc) is 2.75. The Morgan fingerprint density at radius 2 is 2.12 bits per heavy atom. The Labute approximate surface area is 102 Å². The van der Waals surface area contributed by atoms with Crippen LogP contribution < -0.4 is 4.90 Å². The van der Waals surface area contributed by atoms with Crippen molar-refractivity contribution in [2.45, 2.75) is 32.1 Å². The molecule has 1 aliphatic rings. The number of hydrogen-bond donors (Lipinski definition) is 1. The molecule has 17 heavy (non-hydrogen) atoms. The third-order valence-electron chi connectivity index (χ3n) is 3.41. The van der Waals surface area contributed by atoms with Gasteiger partial charge >= 0.3 is 5.97 Å². The smallest absolute Gasteiger partial charge is 0.303 e. The largest absolute Gasteiger partial charge is 0.481 e. The Morgan fingerprint density at radius 1 is 1.35 bits per heavy atom. The third-order valence-corrected chi connectivity index (χ3v) is 3.41. The van der Waals surface area contributed by atoms with E-state index < -0.39 is 5.97 Å². The summed E-state index contributed by atoms with van der Waals surface area (Å²) in [6.07, 6.45) is 4.60. The molecule has 1 aromatic carbocycles. The molecule has 0 saturated carbocycles. The molecular weight excluding hydrogens is 214 g/mol. The first-order chi connectivity index (χ1) is 8.16. The predicted octanol–water partition coefficient (Wildman–Crippen LogP) is 2.48. The normalized spacial score (nSPS) is 13.5. The van der Waals surface area contributed by atoms with Crippen molar-refractivity contribution in [2.24, 2.45) is 0 Å². The number of rotatable bonds is 5. The minimum Gasteiger partial charge on any atom is -0.481 e. The number of carboxylic acid groups (broad SMARTS) is 1. The second-order valence-electron chi connectivity index (χ2n) is 4.73. The van der Waals surface area contributed by atoms with Crippen molar-refractivity contribution in [2.75, 3.05) is 18.5 Å². The SMILES string of the molecule is CN(CCCC(=O)O)c1ccc2c(c1)CCC2. The van der Waals surface area contributed by atoms with Gasteiger partial charge < -0.3 is 10.0 Å². The van der Waals surface area contributed by atoms with Crippen LogP contribution in [0.3, 0.4) is 0 Å². The van der Waals surface area contributed by atoms with Gasteiger partial charge in [0.05, 0.1) is 0 Å². The minimum atomic E-state index is -0.715. The van der Waals surface area contributed by atoms with Crippen molar-refractivity contribution in [1.29, 1.82) is 0 Å². The van der Waals surface area contributed by atoms with Gasteiger partial charge in [-0.25, -0.2) is 0 Å². The van der Waals surface area contributed by atoms with Gasteiger partial charge in [-0.3, -0.25) is 4.79 Å². The first-order valence-electron chi connectivity index (χ1n) is 6.21. The summed E-state index contributed by atoms with van der Waals surface area (Å²) in [5, 5.41) is 8.61. The van der Waals surface area contributed by atoms with E-state index in [-0.39, 0.29) is 6.42 Å². The molecule has 3 nitrogen and oxygen atoms in total. The zero-order chi connectivity index (χ0) is 12.3. The van der Waals surface area contributed by atoms with Gasteiger partial charge in [0.1, 0.15) is 0 Å². The number of carbonyl (C=O) groups is 1. The fourth-order valence-electron chi connectivity index (χ4n) is 2.39. The lowest BCUT2D eigenvalue weighted by Gasteiger charge is -2.19. The molecule has 0 heterocycles. The number of hydrogen-bond acceptors (Lipinski definition) is 2. The topological polar surface area (TPSA) is 40.5 Å². The van der Waals surface area contributed by atoms with E-state index in [1.807, 2.05) is 7.05 Å². The van der Waals surface area contributed by atoms with Crippen LogP contribution >= 0.6 is 0 Å². The van der Waals surface area contributed by atoms with Crippen LogP contribution in [0.5, 0.6) is 0 Å². The molecule has 1 aliphatic carbocycles. The average molecular weight is 233 g/mol. The summed E-state index contributed by atoms with van der Waals surface area (Å²) >= 11 is 0. The van der Waals surface area contributed by atoms with Gasteiger partial charge in [-0.15, -0.1) is 0 Å². The van der Waals surface area contributed by atoms with Gasteiger partial charge in [0.2, 0.25) is 0 Å². The monoisotopic (exact) mass is 233 g/mol. The summed E-state index contributed by atoms with van der Waals surface area (Å²) in [4.78, 5) is 12.6. The summed E-state index contributed by atoms with van der Waals surface area (Å²) in [6.45, 7) is 0.797. The van der Waals surface area contributed by atoms with Crippen LogP contribution in [0.1, 0.15) is 30.4 Å². The maximum absolute atomic E-state index is 10.5. The Bertz CT molecular complexity index is 415. The molecule has 0 spiro atoms. The number of fused-ring (bicyclic) bond motifs is 1. The van der Waals surface area contributed by atoms with Gasteiger partial charge in [-0.05, 0) is 48.9 Å². The highest BCUT2D eigenvalue weighted by molar-refractivity contribution is 5.66. The molecule has 0 unspecified atom stereocenters. The Hall–Kier alpha value is -1.51. The summed E-state index contributed by atoms with van der Waals surface area (Å²) < 4.78 is 0. The highest BCUT2D eigenvalue weighted by Gasteiger charge is 2.12. The van der Waals surface area contributed by atoms with Crippen LogP contribution in [0.2, 0.25) is 0 Å². The van der Waals surface area contributed by atoms with Gasteiger partial charge in [-0.1, -0.05) is 6.07 Å². The van der Waals surface area contributed by atoms with Crippen molar-refractivity contribution in [3.8, 4) is 0 Å². The predicted molar refractivity (Wildman–Crippen MR) is 68.6 cm³/mol. The molecule has 0 fully saturated rings. The Balaban J connectivity index is 1.95. The van der Waals surface area contributed by atoms with Gasteiger partial charge in [0.15, 0.2) is 0 Å². The number of carboxylic acids is 1. The number of benzene rings is 1. The summed E-state index contributed by atoms with van der Waals surface area (Å²) in [7, 11) is 2.03. The van der Waals surface area contributed by atoms with Crippen molar-refractivity contribution in [3.63, 3.8) is 0 Å². The van der Waals surface area contributed by atoms with E-state index in [0.717, 1.165) is 6.54 Å². The second-order valence-corrected chi connectivity index (χ2v) is 4.73. The van der Waals surface area contributed by atoms with Gasteiger partial charge in [0, 0.05) is 25.7 Å². The van der Waals surface area contributed by atoms with Crippen molar-refractivity contribution in [3.05, 3.63) is 29.3 Å². The van der Waals surface area contributed by atoms with E-state index in [1.165, 1.54) is 36.1 Å². The number of aryl methyl sites for hydroxylation is 2. The molecule has 0 radical (unpaired) electrons. The molecule has 92 valence electrons. The van der Waals surface area contributed by atoms with Crippen LogP contribution in [0.15, 0.2) is 18.2 Å². The van der Waals surface area contributed by atoms with Crippen LogP contribution in [-0.4, -0.2) is 24.7 Å². The molecule has 0 amide bonds. The Morgan fingerprint density at radius 3 is 2.88 bits per heavy atom. The van der Waals surface area contributed by atoms with Crippen molar-refractivity contribution >= 4 is 11.7 Å². The van der Waals surface area contributed by atoms with Gasteiger partial charge in [-0.2, -0.15) is 0 Å². The molecule has 2 rings (SSSR count). The molecule has 1 aromatic rings. The molecule has 1 N–H and O–H groups in total. The van der Waals surface area contributed by atoms with Crippen molar-refractivity contribution in [1.82, 2.24) is 0 Å². The van der Waals surface area contributed by atoms with E-state index in [4.69, 9.17) is 5.11 Å². The standard InChI is InChI=1S/C14H19NO2/c1-15(9-3-6-14(16)17)13-8-7-11-4-2-5-12(11)10-13/h7-8,10H,2-6,9H2,1H3,(H,16,17). The highest BCUT2D eigenvalue weighted by atomic mass is 16.4. The first kappa shape index (κ1) is 12.0. The lowest BCUT2D eigenvalue weighted by atomic mass is 10.1. The molecule has 0 aromatic heterocycles. The maximum Gasteiger partial charge on any atom is 0.303 e. The molecule has 0 saturated heterocycles. The minimum absolute atomic E-state index is 0.245. The van der Waals surface area contributed by atoms with Gasteiger partial charge in [0.25, 0.3) is 0 Å². The van der Waals surface area contributed by atoms with E-state index in [1.54, 1.807) is 0 Å². The fraction of sp³-hybridized carbons (Fsp3) is 0.500. The summed E-state index contributed by atoms with van der Waals surface area (Å²) in [6, 6.07) is 6.61. The number of nitrogens with zero attached hydrogens (tertiary/aromatic N) is 1. The lowest BCUT2D eigenvalue weighted by Crippen LogP contribution is -2.19. The van der Waals surface area contributed by atoms with Crippen LogP contribution in [0.4, 0.5) is 5.69 Å².